The first-order valence-electron chi connectivity index (χ1n) is 9.88. The van der Waals surface area contributed by atoms with Crippen molar-refractivity contribution in [2.24, 2.45) is 0 Å². The summed E-state index contributed by atoms with van der Waals surface area (Å²) in [6.07, 6.45) is 9.37. The number of hydrogen-bond donors (Lipinski definition) is 1. The average Bonchev–Trinajstić information content (AvgIpc) is 3.25. The molecule has 7 heteroatoms. The van der Waals surface area contributed by atoms with E-state index in [4.69, 9.17) is 4.98 Å². The molecule has 0 unspecified atom stereocenters. The molecule has 7 nitrogen and oxygen atoms in total. The molecule has 1 aliphatic rings. The van der Waals surface area contributed by atoms with Crippen LogP contribution in [-0.4, -0.2) is 30.2 Å². The molecule has 3 heterocycles. The van der Waals surface area contributed by atoms with Gasteiger partial charge >= 0.3 is 0 Å². The Morgan fingerprint density at radius 1 is 1.21 bits per heavy atom. The maximum atomic E-state index is 13.1. The number of amides is 1. The molecule has 1 aromatic carbocycles. The standard InChI is InChI=1S/C22H22N6O/c1-14(2)28-21-19(12-24-28)18(11-20(26-21)15-3-4-15)22(29)25-16-5-7-17(8-6-16)27-10-9-23-13-27/h5-15H,3-4H2,1-2H3,(H,25,29). The van der Waals surface area contributed by atoms with E-state index in [2.05, 4.69) is 29.2 Å². The van der Waals surface area contributed by atoms with Crippen LogP contribution in [0.2, 0.25) is 0 Å². The normalized spacial score (nSPS) is 13.9. The number of anilines is 1. The zero-order valence-electron chi connectivity index (χ0n) is 16.4. The van der Waals surface area contributed by atoms with Gasteiger partial charge in [-0.1, -0.05) is 0 Å². The highest BCUT2D eigenvalue weighted by Crippen LogP contribution is 2.40. The minimum atomic E-state index is -0.141. The Labute approximate surface area is 168 Å². The van der Waals surface area contributed by atoms with Crippen LogP contribution >= 0.6 is 0 Å². The quantitative estimate of drug-likeness (QED) is 0.554. The van der Waals surface area contributed by atoms with Gasteiger partial charge in [0.2, 0.25) is 0 Å². The van der Waals surface area contributed by atoms with Gasteiger partial charge in [-0.2, -0.15) is 5.10 Å². The first-order chi connectivity index (χ1) is 14.1. The molecule has 0 bridgehead atoms. The van der Waals surface area contributed by atoms with E-state index < -0.39 is 0 Å². The Balaban J connectivity index is 1.47. The number of pyridine rings is 1. The van der Waals surface area contributed by atoms with E-state index in [1.54, 1.807) is 18.7 Å². The molecule has 29 heavy (non-hydrogen) atoms. The monoisotopic (exact) mass is 386 g/mol. The van der Waals surface area contributed by atoms with Crippen molar-refractivity contribution in [1.82, 2.24) is 24.3 Å². The van der Waals surface area contributed by atoms with E-state index in [1.807, 2.05) is 45.8 Å². The molecule has 0 aliphatic heterocycles. The minimum Gasteiger partial charge on any atom is -0.322 e. The molecule has 4 aromatic rings. The lowest BCUT2D eigenvalue weighted by Gasteiger charge is -2.11. The van der Waals surface area contributed by atoms with Crippen molar-refractivity contribution >= 4 is 22.6 Å². The molecule has 0 saturated heterocycles. The topological polar surface area (TPSA) is 77.6 Å². The molecule has 0 radical (unpaired) electrons. The van der Waals surface area contributed by atoms with E-state index in [1.165, 1.54) is 0 Å². The molecular weight excluding hydrogens is 364 g/mol. The third-order valence-corrected chi connectivity index (χ3v) is 5.24. The molecule has 1 fully saturated rings. The average molecular weight is 386 g/mol. The highest BCUT2D eigenvalue weighted by molar-refractivity contribution is 6.12. The molecule has 1 N–H and O–H groups in total. The van der Waals surface area contributed by atoms with Gasteiger partial charge in [0.25, 0.3) is 5.91 Å². The van der Waals surface area contributed by atoms with Gasteiger partial charge in [-0.05, 0) is 57.0 Å². The maximum Gasteiger partial charge on any atom is 0.256 e. The lowest BCUT2D eigenvalue weighted by molar-refractivity contribution is 0.102. The van der Waals surface area contributed by atoms with Crippen LogP contribution < -0.4 is 5.32 Å². The number of carbonyl (C=O) groups is 1. The summed E-state index contributed by atoms with van der Waals surface area (Å²) >= 11 is 0. The van der Waals surface area contributed by atoms with Gasteiger partial charge in [0.15, 0.2) is 5.65 Å². The number of aromatic nitrogens is 5. The third-order valence-electron chi connectivity index (χ3n) is 5.24. The van der Waals surface area contributed by atoms with Gasteiger partial charge in [0.1, 0.15) is 0 Å². The number of nitrogens with one attached hydrogen (secondary N) is 1. The second-order valence-electron chi connectivity index (χ2n) is 7.76. The molecule has 0 spiro atoms. The second-order valence-corrected chi connectivity index (χ2v) is 7.76. The largest absolute Gasteiger partial charge is 0.322 e. The molecule has 3 aromatic heterocycles. The molecular formula is C22H22N6O. The lowest BCUT2D eigenvalue weighted by Crippen LogP contribution is -2.14. The van der Waals surface area contributed by atoms with Crippen molar-refractivity contribution in [2.75, 3.05) is 5.32 Å². The number of fused-ring (bicyclic) bond motifs is 1. The van der Waals surface area contributed by atoms with E-state index in [0.717, 1.165) is 40.9 Å². The highest BCUT2D eigenvalue weighted by atomic mass is 16.1. The zero-order valence-corrected chi connectivity index (χ0v) is 16.4. The number of carbonyl (C=O) groups excluding carboxylic acids is 1. The molecule has 5 rings (SSSR count). The highest BCUT2D eigenvalue weighted by Gasteiger charge is 2.28. The van der Waals surface area contributed by atoms with Crippen molar-refractivity contribution in [2.45, 2.75) is 38.6 Å². The van der Waals surface area contributed by atoms with Crippen molar-refractivity contribution in [3.05, 3.63) is 66.5 Å². The predicted molar refractivity (Wildman–Crippen MR) is 111 cm³/mol. The van der Waals surface area contributed by atoms with Crippen LogP contribution in [0, 0.1) is 0 Å². The summed E-state index contributed by atoms with van der Waals surface area (Å²) in [5.74, 6) is 0.314. The third kappa shape index (κ3) is 3.29. The van der Waals surface area contributed by atoms with E-state index in [-0.39, 0.29) is 11.9 Å². The van der Waals surface area contributed by atoms with Crippen LogP contribution in [0.5, 0.6) is 0 Å². The predicted octanol–water partition coefficient (Wildman–Crippen LogP) is 4.33. The van der Waals surface area contributed by atoms with Crippen LogP contribution in [0.1, 0.15) is 54.7 Å². The number of nitrogens with zero attached hydrogens (tertiary/aromatic N) is 5. The molecule has 1 aliphatic carbocycles. The Morgan fingerprint density at radius 2 is 2.00 bits per heavy atom. The number of rotatable bonds is 5. The van der Waals surface area contributed by atoms with E-state index >= 15 is 0 Å². The first kappa shape index (κ1) is 17.6. The number of benzene rings is 1. The summed E-state index contributed by atoms with van der Waals surface area (Å²) in [4.78, 5) is 22.0. The molecule has 0 atom stereocenters. The van der Waals surface area contributed by atoms with Crippen LogP contribution in [-0.2, 0) is 0 Å². The van der Waals surface area contributed by atoms with Gasteiger partial charge in [0.05, 0.1) is 23.5 Å². The number of imidazole rings is 1. The van der Waals surface area contributed by atoms with E-state index in [9.17, 15) is 4.79 Å². The Kier molecular flexibility index (Phi) is 4.16. The summed E-state index contributed by atoms with van der Waals surface area (Å²) in [6, 6.07) is 9.80. The Hall–Kier alpha value is -3.48. The minimum absolute atomic E-state index is 0.141. The molecule has 1 amide bonds. The smallest absolute Gasteiger partial charge is 0.256 e. The van der Waals surface area contributed by atoms with Crippen molar-refractivity contribution in [1.29, 1.82) is 0 Å². The first-order valence-corrected chi connectivity index (χ1v) is 9.88. The SMILES string of the molecule is CC(C)n1ncc2c(C(=O)Nc3ccc(-n4ccnc4)cc3)cc(C3CC3)nc21. The zero-order chi connectivity index (χ0) is 20.0. The lowest BCUT2D eigenvalue weighted by atomic mass is 10.1. The summed E-state index contributed by atoms with van der Waals surface area (Å²) in [6.45, 7) is 4.14. The van der Waals surface area contributed by atoms with Crippen molar-refractivity contribution in [3.8, 4) is 5.69 Å². The van der Waals surface area contributed by atoms with Crippen molar-refractivity contribution in [3.63, 3.8) is 0 Å². The summed E-state index contributed by atoms with van der Waals surface area (Å²) in [7, 11) is 0. The van der Waals surface area contributed by atoms with Gasteiger partial charge in [0, 0.05) is 41.4 Å². The van der Waals surface area contributed by atoms with E-state index in [0.29, 0.717) is 11.5 Å². The maximum absolute atomic E-state index is 13.1. The van der Waals surface area contributed by atoms with Gasteiger partial charge in [-0.15, -0.1) is 0 Å². The van der Waals surface area contributed by atoms with Crippen LogP contribution in [0.15, 0.2) is 55.2 Å². The van der Waals surface area contributed by atoms with Crippen molar-refractivity contribution < 1.29 is 4.79 Å². The van der Waals surface area contributed by atoms with Gasteiger partial charge < -0.3 is 9.88 Å². The molecule has 146 valence electrons. The second kappa shape index (κ2) is 6.84. The summed E-state index contributed by atoms with van der Waals surface area (Å²) in [5, 5.41) is 8.28. The fourth-order valence-corrected chi connectivity index (χ4v) is 3.52. The van der Waals surface area contributed by atoms with Gasteiger partial charge in [-0.3, -0.25) is 4.79 Å². The fourth-order valence-electron chi connectivity index (χ4n) is 3.52. The number of hydrogen-bond acceptors (Lipinski definition) is 4. The Morgan fingerprint density at radius 3 is 2.66 bits per heavy atom. The van der Waals surface area contributed by atoms with Crippen LogP contribution in [0.3, 0.4) is 0 Å². The summed E-state index contributed by atoms with van der Waals surface area (Å²) < 4.78 is 3.80. The Bertz CT molecular complexity index is 1170. The van der Waals surface area contributed by atoms with Gasteiger partial charge in [-0.25, -0.2) is 14.6 Å². The summed E-state index contributed by atoms with van der Waals surface area (Å²) in [5.41, 5.74) is 4.13. The molecule has 1 saturated carbocycles. The van der Waals surface area contributed by atoms with Crippen LogP contribution in [0.4, 0.5) is 5.69 Å². The fraction of sp³-hybridized carbons (Fsp3) is 0.273. The van der Waals surface area contributed by atoms with Crippen LogP contribution in [0.25, 0.3) is 16.7 Å².